The molecule has 2 amide bonds. The summed E-state index contributed by atoms with van der Waals surface area (Å²) in [6.07, 6.45) is 3.13. The Bertz CT molecular complexity index is 698. The lowest BCUT2D eigenvalue weighted by molar-refractivity contribution is 0.0682. The van der Waals surface area contributed by atoms with Crippen LogP contribution >= 0.6 is 11.3 Å². The molecule has 1 aliphatic heterocycles. The Morgan fingerprint density at radius 1 is 1.44 bits per heavy atom. The molecule has 2 heterocycles. The number of rotatable bonds is 7. The molecule has 1 atom stereocenters. The summed E-state index contributed by atoms with van der Waals surface area (Å²) in [5.41, 5.74) is 1.70. The minimum atomic E-state index is -0.276. The molecular weight excluding hydrogens is 338 g/mol. The number of ether oxygens (including phenoxy) is 2. The predicted octanol–water partition coefficient (Wildman–Crippen LogP) is 3.59. The van der Waals surface area contributed by atoms with Gasteiger partial charge in [-0.3, -0.25) is 0 Å². The molecule has 1 fully saturated rings. The molecule has 0 spiro atoms. The number of carbonyl (C=O) groups is 1. The molecule has 2 N–H and O–H groups in total. The van der Waals surface area contributed by atoms with Gasteiger partial charge in [0.1, 0.15) is 17.4 Å². The van der Waals surface area contributed by atoms with Crippen LogP contribution in [0.4, 0.5) is 10.5 Å². The van der Waals surface area contributed by atoms with Crippen molar-refractivity contribution in [1.82, 2.24) is 10.3 Å². The normalized spacial score (nSPS) is 16.6. The van der Waals surface area contributed by atoms with Crippen LogP contribution < -0.4 is 15.4 Å². The van der Waals surface area contributed by atoms with Crippen LogP contribution in [0.3, 0.4) is 0 Å². The van der Waals surface area contributed by atoms with Crippen molar-refractivity contribution < 1.29 is 14.3 Å². The molecule has 25 heavy (non-hydrogen) atoms. The number of hydrogen-bond donors (Lipinski definition) is 2. The summed E-state index contributed by atoms with van der Waals surface area (Å²) in [6, 6.07) is 7.14. The Labute approximate surface area is 151 Å². The van der Waals surface area contributed by atoms with E-state index in [4.69, 9.17) is 9.47 Å². The molecule has 1 aliphatic rings. The summed E-state index contributed by atoms with van der Waals surface area (Å²) in [5.74, 6) is 0.649. The second kappa shape index (κ2) is 8.82. The van der Waals surface area contributed by atoms with E-state index < -0.39 is 0 Å². The van der Waals surface area contributed by atoms with Gasteiger partial charge in [-0.05, 0) is 31.4 Å². The molecule has 1 aromatic carbocycles. The lowest BCUT2D eigenvalue weighted by Crippen LogP contribution is -2.28. The van der Waals surface area contributed by atoms with Gasteiger partial charge in [-0.15, -0.1) is 11.3 Å². The van der Waals surface area contributed by atoms with Gasteiger partial charge in [0.05, 0.1) is 24.0 Å². The first-order chi connectivity index (χ1) is 12.2. The molecule has 3 rings (SSSR count). The maximum absolute atomic E-state index is 12.1. The van der Waals surface area contributed by atoms with Crippen molar-refractivity contribution in [2.45, 2.75) is 38.8 Å². The van der Waals surface area contributed by atoms with Gasteiger partial charge in [0.25, 0.3) is 0 Å². The molecule has 134 valence electrons. The minimum absolute atomic E-state index is 0.138. The van der Waals surface area contributed by atoms with Crippen molar-refractivity contribution in [3.8, 4) is 5.75 Å². The SMILES string of the molecule is CCc1csc(CNC(=O)Nc2ccccc2OC[C@H]2CCCO2)n1. The van der Waals surface area contributed by atoms with Gasteiger partial charge in [0.15, 0.2) is 0 Å². The van der Waals surface area contributed by atoms with E-state index in [1.807, 2.05) is 29.6 Å². The van der Waals surface area contributed by atoms with Crippen molar-refractivity contribution in [3.63, 3.8) is 0 Å². The topological polar surface area (TPSA) is 72.5 Å². The number of thiazole rings is 1. The summed E-state index contributed by atoms with van der Waals surface area (Å²) in [6.45, 7) is 3.77. The summed E-state index contributed by atoms with van der Waals surface area (Å²) < 4.78 is 11.4. The molecule has 7 heteroatoms. The maximum atomic E-state index is 12.1. The van der Waals surface area contributed by atoms with Gasteiger partial charge < -0.3 is 20.1 Å². The lowest BCUT2D eigenvalue weighted by Gasteiger charge is -2.15. The largest absolute Gasteiger partial charge is 0.489 e. The number of urea groups is 1. The second-order valence-corrected chi connectivity index (χ2v) is 6.78. The fourth-order valence-electron chi connectivity index (χ4n) is 2.57. The van der Waals surface area contributed by atoms with E-state index in [9.17, 15) is 4.79 Å². The number of para-hydroxylation sites is 2. The predicted molar refractivity (Wildman–Crippen MR) is 98.3 cm³/mol. The van der Waals surface area contributed by atoms with E-state index in [1.165, 1.54) is 0 Å². The Morgan fingerprint density at radius 2 is 2.32 bits per heavy atom. The quantitative estimate of drug-likeness (QED) is 0.790. The standard InChI is InChI=1S/C18H23N3O3S/c1-2-13-12-25-17(20-13)10-19-18(22)21-15-7-3-4-8-16(15)24-11-14-6-5-9-23-14/h3-4,7-8,12,14H,2,5-6,9-11H2,1H3,(H2,19,21,22)/t14-/m1/s1. The summed E-state index contributed by atoms with van der Waals surface area (Å²) in [5, 5.41) is 8.58. The van der Waals surface area contributed by atoms with Crippen LogP contribution in [0.2, 0.25) is 0 Å². The lowest BCUT2D eigenvalue weighted by atomic mass is 10.2. The number of carbonyl (C=O) groups excluding carboxylic acids is 1. The van der Waals surface area contributed by atoms with Crippen LogP contribution in [0.1, 0.15) is 30.5 Å². The van der Waals surface area contributed by atoms with E-state index in [1.54, 1.807) is 11.3 Å². The first kappa shape index (κ1) is 17.7. The summed E-state index contributed by atoms with van der Waals surface area (Å²) >= 11 is 1.56. The van der Waals surface area contributed by atoms with Crippen LogP contribution in [0.15, 0.2) is 29.6 Å². The first-order valence-corrected chi connectivity index (χ1v) is 9.44. The van der Waals surface area contributed by atoms with E-state index >= 15 is 0 Å². The highest BCUT2D eigenvalue weighted by atomic mass is 32.1. The number of amides is 2. The third kappa shape index (κ3) is 5.17. The zero-order valence-corrected chi connectivity index (χ0v) is 15.1. The average molecular weight is 361 g/mol. The highest BCUT2D eigenvalue weighted by Crippen LogP contribution is 2.25. The molecule has 0 saturated carbocycles. The molecule has 2 aromatic rings. The fraction of sp³-hybridized carbons (Fsp3) is 0.444. The van der Waals surface area contributed by atoms with Crippen molar-refractivity contribution >= 4 is 23.1 Å². The number of hydrogen-bond acceptors (Lipinski definition) is 5. The third-order valence-corrected chi connectivity index (χ3v) is 4.84. The molecule has 0 aliphatic carbocycles. The Hall–Kier alpha value is -2.12. The average Bonchev–Trinajstić information content (AvgIpc) is 3.31. The van der Waals surface area contributed by atoms with Gasteiger partial charge in [-0.2, -0.15) is 0 Å². The Balaban J connectivity index is 1.51. The number of anilines is 1. The van der Waals surface area contributed by atoms with Gasteiger partial charge >= 0.3 is 6.03 Å². The van der Waals surface area contributed by atoms with E-state index in [0.29, 0.717) is 24.6 Å². The van der Waals surface area contributed by atoms with E-state index in [0.717, 1.165) is 36.6 Å². The number of aromatic nitrogens is 1. The molecule has 0 radical (unpaired) electrons. The Kier molecular flexibility index (Phi) is 6.25. The maximum Gasteiger partial charge on any atom is 0.319 e. The number of nitrogens with one attached hydrogen (secondary N) is 2. The molecule has 1 aromatic heterocycles. The highest BCUT2D eigenvalue weighted by molar-refractivity contribution is 7.09. The van der Waals surface area contributed by atoms with Gasteiger partial charge in [0.2, 0.25) is 0 Å². The van der Waals surface area contributed by atoms with Crippen LogP contribution in [-0.2, 0) is 17.7 Å². The minimum Gasteiger partial charge on any atom is -0.489 e. The monoisotopic (exact) mass is 361 g/mol. The van der Waals surface area contributed by atoms with Gasteiger partial charge in [0, 0.05) is 12.0 Å². The molecule has 6 nitrogen and oxygen atoms in total. The number of benzene rings is 1. The summed E-state index contributed by atoms with van der Waals surface area (Å²) in [4.78, 5) is 16.6. The molecular formula is C18H23N3O3S. The molecule has 1 saturated heterocycles. The van der Waals surface area contributed by atoms with Gasteiger partial charge in [-0.1, -0.05) is 19.1 Å². The zero-order chi connectivity index (χ0) is 17.5. The van der Waals surface area contributed by atoms with Gasteiger partial charge in [-0.25, -0.2) is 9.78 Å². The Morgan fingerprint density at radius 3 is 3.08 bits per heavy atom. The van der Waals surface area contributed by atoms with Crippen molar-refractivity contribution in [2.75, 3.05) is 18.5 Å². The fourth-order valence-corrected chi connectivity index (χ4v) is 3.39. The van der Waals surface area contributed by atoms with E-state index in [2.05, 4.69) is 22.5 Å². The molecule has 0 unspecified atom stereocenters. The van der Waals surface area contributed by atoms with Crippen LogP contribution in [0, 0.1) is 0 Å². The van der Waals surface area contributed by atoms with Crippen molar-refractivity contribution in [3.05, 3.63) is 40.3 Å². The summed E-state index contributed by atoms with van der Waals surface area (Å²) in [7, 11) is 0. The van der Waals surface area contributed by atoms with Crippen molar-refractivity contribution in [1.29, 1.82) is 0 Å². The van der Waals surface area contributed by atoms with E-state index in [-0.39, 0.29) is 12.1 Å². The number of aryl methyl sites for hydroxylation is 1. The molecule has 0 bridgehead atoms. The smallest absolute Gasteiger partial charge is 0.319 e. The highest BCUT2D eigenvalue weighted by Gasteiger charge is 2.17. The van der Waals surface area contributed by atoms with Crippen LogP contribution in [0.25, 0.3) is 0 Å². The third-order valence-electron chi connectivity index (χ3n) is 3.95. The second-order valence-electron chi connectivity index (χ2n) is 5.84. The first-order valence-electron chi connectivity index (χ1n) is 8.56. The zero-order valence-electron chi connectivity index (χ0n) is 14.3. The van der Waals surface area contributed by atoms with Crippen LogP contribution in [-0.4, -0.2) is 30.3 Å². The van der Waals surface area contributed by atoms with Crippen LogP contribution in [0.5, 0.6) is 5.75 Å². The number of nitrogens with zero attached hydrogens (tertiary/aromatic N) is 1. The van der Waals surface area contributed by atoms with Crippen molar-refractivity contribution in [2.24, 2.45) is 0 Å².